The Hall–Kier alpha value is -0.990. The summed E-state index contributed by atoms with van der Waals surface area (Å²) >= 11 is 9.33. The van der Waals surface area contributed by atoms with Gasteiger partial charge in [0.1, 0.15) is 11.5 Å². The number of ether oxygens (including phenoxy) is 1. The average molecular weight is 354 g/mol. The minimum atomic E-state index is 0.156. The maximum atomic E-state index is 5.85. The fourth-order valence-electron chi connectivity index (χ4n) is 1.86. The van der Waals surface area contributed by atoms with E-state index < -0.39 is 0 Å². The summed E-state index contributed by atoms with van der Waals surface area (Å²) in [6.07, 6.45) is 0. The molecule has 0 bridgehead atoms. The third-order valence-electron chi connectivity index (χ3n) is 3.12. The number of rotatable bonds is 3. The van der Waals surface area contributed by atoms with E-state index >= 15 is 0 Å². The van der Waals surface area contributed by atoms with E-state index in [4.69, 9.17) is 16.3 Å². The van der Waals surface area contributed by atoms with Crippen molar-refractivity contribution in [1.29, 1.82) is 0 Å². The van der Waals surface area contributed by atoms with Crippen LogP contribution < -0.4 is 4.74 Å². The predicted octanol–water partition coefficient (Wildman–Crippen LogP) is 6.28. The Labute approximate surface area is 134 Å². The van der Waals surface area contributed by atoms with Crippen molar-refractivity contribution in [2.45, 2.75) is 32.1 Å². The lowest BCUT2D eigenvalue weighted by molar-refractivity contribution is 0.481. The Morgan fingerprint density at radius 1 is 1.00 bits per heavy atom. The first kappa shape index (κ1) is 15.4. The summed E-state index contributed by atoms with van der Waals surface area (Å²) in [5.41, 5.74) is 2.51. The number of alkyl halides is 1. The van der Waals surface area contributed by atoms with Crippen LogP contribution in [0.15, 0.2) is 46.9 Å². The molecule has 2 rings (SSSR count). The van der Waals surface area contributed by atoms with Gasteiger partial charge in [-0.1, -0.05) is 54.9 Å². The van der Waals surface area contributed by atoms with Crippen LogP contribution in [-0.4, -0.2) is 0 Å². The summed E-state index contributed by atoms with van der Waals surface area (Å²) in [4.78, 5) is 0. The molecule has 0 heterocycles. The van der Waals surface area contributed by atoms with Crippen molar-refractivity contribution in [3.8, 4) is 11.5 Å². The van der Waals surface area contributed by atoms with Crippen LogP contribution in [0, 0.1) is 0 Å². The van der Waals surface area contributed by atoms with E-state index in [1.165, 1.54) is 5.56 Å². The fraction of sp³-hybridized carbons (Fsp3) is 0.294. The van der Waals surface area contributed by atoms with E-state index in [1.807, 2.05) is 30.3 Å². The lowest BCUT2D eigenvalue weighted by atomic mass is 9.87. The van der Waals surface area contributed by atoms with Gasteiger partial charge in [0, 0.05) is 10.4 Å². The van der Waals surface area contributed by atoms with E-state index in [-0.39, 0.29) is 5.41 Å². The molecule has 0 aliphatic rings. The summed E-state index contributed by atoms with van der Waals surface area (Å²) in [6.45, 7) is 6.60. The van der Waals surface area contributed by atoms with Gasteiger partial charge < -0.3 is 4.74 Å². The molecule has 106 valence electrons. The number of halogens is 2. The summed E-state index contributed by atoms with van der Waals surface area (Å²) in [5, 5.41) is 0. The van der Waals surface area contributed by atoms with Crippen LogP contribution in [0.1, 0.15) is 31.9 Å². The van der Waals surface area contributed by atoms with Crippen molar-refractivity contribution < 1.29 is 4.74 Å². The van der Waals surface area contributed by atoms with Gasteiger partial charge in [0.05, 0.1) is 0 Å². The topological polar surface area (TPSA) is 9.23 Å². The minimum absolute atomic E-state index is 0.156. The molecular weight excluding hydrogens is 336 g/mol. The quantitative estimate of drug-likeness (QED) is 0.590. The van der Waals surface area contributed by atoms with E-state index in [9.17, 15) is 0 Å². The Balaban J connectivity index is 2.16. The van der Waals surface area contributed by atoms with E-state index in [1.54, 1.807) is 0 Å². The summed E-state index contributed by atoms with van der Waals surface area (Å²) in [5.74, 6) is 2.12. The highest BCUT2D eigenvalue weighted by Crippen LogP contribution is 2.29. The zero-order valence-corrected chi connectivity index (χ0v) is 14.3. The fourth-order valence-corrected chi connectivity index (χ4v) is 2.75. The molecule has 3 heteroatoms. The van der Waals surface area contributed by atoms with Gasteiger partial charge in [-0.3, -0.25) is 0 Å². The van der Waals surface area contributed by atoms with Gasteiger partial charge >= 0.3 is 0 Å². The van der Waals surface area contributed by atoms with Crippen LogP contribution in [-0.2, 0) is 11.3 Å². The molecule has 0 spiro atoms. The molecule has 0 atom stereocenters. The summed E-state index contributed by atoms with van der Waals surface area (Å²) < 4.78 is 6.82. The van der Waals surface area contributed by atoms with Crippen LogP contribution in [0.2, 0.25) is 0 Å². The van der Waals surface area contributed by atoms with E-state index in [0.29, 0.717) is 5.88 Å². The van der Waals surface area contributed by atoms with Gasteiger partial charge in [0.25, 0.3) is 0 Å². The molecule has 20 heavy (non-hydrogen) atoms. The van der Waals surface area contributed by atoms with E-state index in [2.05, 4.69) is 48.8 Å². The van der Waals surface area contributed by atoms with Crippen molar-refractivity contribution in [2.24, 2.45) is 0 Å². The van der Waals surface area contributed by atoms with Crippen LogP contribution in [0.25, 0.3) is 0 Å². The largest absolute Gasteiger partial charge is 0.457 e. The van der Waals surface area contributed by atoms with Crippen LogP contribution in [0.3, 0.4) is 0 Å². The Kier molecular flexibility index (Phi) is 4.77. The molecule has 0 aliphatic carbocycles. The highest BCUT2D eigenvalue weighted by molar-refractivity contribution is 9.10. The average Bonchev–Trinajstić information content (AvgIpc) is 2.38. The number of hydrogen-bond acceptors (Lipinski definition) is 1. The molecule has 0 radical (unpaired) electrons. The molecule has 0 saturated heterocycles. The molecule has 2 aromatic rings. The Morgan fingerprint density at radius 2 is 1.60 bits per heavy atom. The molecule has 0 saturated carbocycles. The highest BCUT2D eigenvalue weighted by atomic mass is 79.9. The Bertz CT molecular complexity index is 585. The van der Waals surface area contributed by atoms with Gasteiger partial charge in [-0.05, 0) is 40.8 Å². The molecule has 0 unspecified atom stereocenters. The summed E-state index contributed by atoms with van der Waals surface area (Å²) in [6, 6.07) is 14.1. The lowest BCUT2D eigenvalue weighted by Gasteiger charge is -2.19. The van der Waals surface area contributed by atoms with Crippen molar-refractivity contribution in [3.63, 3.8) is 0 Å². The van der Waals surface area contributed by atoms with Crippen molar-refractivity contribution >= 4 is 27.5 Å². The van der Waals surface area contributed by atoms with Gasteiger partial charge in [-0.25, -0.2) is 0 Å². The standard InChI is InChI=1S/C17H18BrClO/c1-17(2,3)13-5-8-14(9-6-13)20-15-7-4-12(11-19)16(18)10-15/h4-10H,11H2,1-3H3. The van der Waals surface area contributed by atoms with Crippen molar-refractivity contribution in [1.82, 2.24) is 0 Å². The van der Waals surface area contributed by atoms with Gasteiger partial charge in [-0.2, -0.15) is 0 Å². The lowest BCUT2D eigenvalue weighted by Crippen LogP contribution is -2.10. The first-order chi connectivity index (χ1) is 9.40. The normalized spacial score (nSPS) is 11.4. The van der Waals surface area contributed by atoms with Crippen LogP contribution >= 0.6 is 27.5 Å². The maximum absolute atomic E-state index is 5.85. The molecule has 0 N–H and O–H groups in total. The molecule has 2 aromatic carbocycles. The molecule has 0 aromatic heterocycles. The Morgan fingerprint density at radius 3 is 2.10 bits per heavy atom. The second-order valence-corrected chi connectivity index (χ2v) is 6.88. The monoisotopic (exact) mass is 352 g/mol. The first-order valence-electron chi connectivity index (χ1n) is 6.53. The molecule has 0 fully saturated rings. The number of benzene rings is 2. The number of hydrogen-bond donors (Lipinski definition) is 0. The first-order valence-corrected chi connectivity index (χ1v) is 7.85. The smallest absolute Gasteiger partial charge is 0.128 e. The third-order valence-corrected chi connectivity index (χ3v) is 4.15. The highest BCUT2D eigenvalue weighted by Gasteiger charge is 2.13. The summed E-state index contributed by atoms with van der Waals surface area (Å²) in [7, 11) is 0. The molecule has 0 amide bonds. The maximum Gasteiger partial charge on any atom is 0.128 e. The van der Waals surface area contributed by atoms with Gasteiger partial charge in [0.2, 0.25) is 0 Å². The molecule has 1 nitrogen and oxygen atoms in total. The van der Waals surface area contributed by atoms with Gasteiger partial charge in [0.15, 0.2) is 0 Å². The second-order valence-electron chi connectivity index (χ2n) is 5.76. The van der Waals surface area contributed by atoms with E-state index in [0.717, 1.165) is 21.5 Å². The predicted molar refractivity (Wildman–Crippen MR) is 88.9 cm³/mol. The minimum Gasteiger partial charge on any atom is -0.457 e. The second kappa shape index (κ2) is 6.19. The third kappa shape index (κ3) is 3.77. The SMILES string of the molecule is CC(C)(C)c1ccc(Oc2ccc(CCl)c(Br)c2)cc1. The van der Waals surface area contributed by atoms with Crippen molar-refractivity contribution in [2.75, 3.05) is 0 Å². The zero-order chi connectivity index (χ0) is 14.8. The van der Waals surface area contributed by atoms with Gasteiger partial charge in [-0.15, -0.1) is 11.6 Å². The molecular formula is C17H18BrClO. The molecule has 0 aliphatic heterocycles. The van der Waals surface area contributed by atoms with Crippen LogP contribution in [0.5, 0.6) is 11.5 Å². The van der Waals surface area contributed by atoms with Crippen LogP contribution in [0.4, 0.5) is 0 Å². The van der Waals surface area contributed by atoms with Crippen molar-refractivity contribution in [3.05, 3.63) is 58.1 Å². The zero-order valence-electron chi connectivity index (χ0n) is 11.9.